The van der Waals surface area contributed by atoms with Crippen molar-refractivity contribution >= 4 is 17.9 Å². The van der Waals surface area contributed by atoms with E-state index in [1.54, 1.807) is 11.9 Å². The van der Waals surface area contributed by atoms with Crippen molar-refractivity contribution in [3.63, 3.8) is 0 Å². The van der Waals surface area contributed by atoms with E-state index in [1.807, 2.05) is 57.2 Å². The summed E-state index contributed by atoms with van der Waals surface area (Å²) in [5.74, 6) is 0. The van der Waals surface area contributed by atoms with Gasteiger partial charge < -0.3 is 19.3 Å². The summed E-state index contributed by atoms with van der Waals surface area (Å²) in [6.07, 6.45) is 3.55. The quantitative estimate of drug-likeness (QED) is 0.517. The lowest BCUT2D eigenvalue weighted by Gasteiger charge is -2.47. The Hall–Kier alpha value is -3.06. The van der Waals surface area contributed by atoms with Crippen LogP contribution in [-0.4, -0.2) is 66.4 Å². The Bertz CT molecular complexity index is 1040. The Morgan fingerprint density at radius 2 is 1.69 bits per heavy atom. The van der Waals surface area contributed by atoms with Gasteiger partial charge in [-0.25, -0.2) is 9.59 Å². The summed E-state index contributed by atoms with van der Waals surface area (Å²) >= 11 is 0. The Morgan fingerprint density at radius 3 is 2.33 bits per heavy atom. The summed E-state index contributed by atoms with van der Waals surface area (Å²) in [7, 11) is 1.75. The topological polar surface area (TPSA) is 71.1 Å². The van der Waals surface area contributed by atoms with Crippen LogP contribution in [-0.2, 0) is 15.9 Å². The van der Waals surface area contributed by atoms with E-state index in [4.69, 9.17) is 9.47 Å². The van der Waals surface area contributed by atoms with Gasteiger partial charge in [0.1, 0.15) is 11.2 Å². The molecule has 0 saturated carbocycles. The molecule has 3 saturated heterocycles. The fourth-order valence-corrected chi connectivity index (χ4v) is 4.95. The molecular formula is C29H39N3O4. The monoisotopic (exact) mass is 493 g/mol. The minimum atomic E-state index is -0.512. The summed E-state index contributed by atoms with van der Waals surface area (Å²) in [6, 6.07) is 16.2. The van der Waals surface area contributed by atoms with E-state index in [0.29, 0.717) is 6.54 Å². The number of anilines is 1. The molecule has 0 aliphatic carbocycles. The van der Waals surface area contributed by atoms with Crippen molar-refractivity contribution in [3.8, 4) is 11.1 Å². The first-order valence-corrected chi connectivity index (χ1v) is 13.0. The first-order valence-electron chi connectivity index (χ1n) is 13.0. The van der Waals surface area contributed by atoms with Crippen molar-refractivity contribution in [1.29, 1.82) is 0 Å². The lowest BCUT2D eigenvalue weighted by atomic mass is 9.83. The van der Waals surface area contributed by atoms with Gasteiger partial charge in [0.25, 0.3) is 0 Å². The van der Waals surface area contributed by atoms with Crippen molar-refractivity contribution in [3.05, 3.63) is 54.1 Å². The number of carbonyl (C=O) groups is 2. The van der Waals surface area contributed by atoms with Gasteiger partial charge in [-0.15, -0.1) is 0 Å². The van der Waals surface area contributed by atoms with Gasteiger partial charge in [-0.1, -0.05) is 42.5 Å². The normalized spacial score (nSPS) is 21.1. The number of nitrogens with one attached hydrogen (secondary N) is 1. The number of piperidine rings is 3. The van der Waals surface area contributed by atoms with Gasteiger partial charge in [0.05, 0.1) is 5.69 Å². The molecule has 1 N–H and O–H groups in total. The van der Waals surface area contributed by atoms with Crippen molar-refractivity contribution < 1.29 is 19.1 Å². The molecule has 2 aromatic rings. The van der Waals surface area contributed by atoms with Gasteiger partial charge in [0.15, 0.2) is 0 Å². The van der Waals surface area contributed by atoms with E-state index >= 15 is 0 Å². The zero-order chi connectivity index (χ0) is 25.8. The van der Waals surface area contributed by atoms with E-state index in [9.17, 15) is 9.59 Å². The molecule has 5 rings (SSSR count). The van der Waals surface area contributed by atoms with Crippen molar-refractivity contribution in [1.82, 2.24) is 9.80 Å². The summed E-state index contributed by atoms with van der Waals surface area (Å²) < 4.78 is 11.5. The number of carbonyl (C=O) groups excluding carboxylic acids is 2. The second-order valence-electron chi connectivity index (χ2n) is 11.0. The summed E-state index contributed by atoms with van der Waals surface area (Å²) in [5.41, 5.74) is 2.98. The van der Waals surface area contributed by atoms with Crippen LogP contribution >= 0.6 is 0 Å². The first-order chi connectivity index (χ1) is 17.1. The van der Waals surface area contributed by atoms with Crippen LogP contribution in [0.25, 0.3) is 11.1 Å². The summed E-state index contributed by atoms with van der Waals surface area (Å²) in [5, 5.41) is 3.06. The highest BCUT2D eigenvalue weighted by Gasteiger charge is 2.42. The Balaban J connectivity index is 1.43. The molecule has 0 aromatic heterocycles. The molecule has 3 heterocycles. The highest BCUT2D eigenvalue weighted by molar-refractivity contribution is 5.92. The number of nitrogens with zero attached hydrogens (tertiary/aromatic N) is 2. The molecule has 2 bridgehead atoms. The number of hydrogen-bond acceptors (Lipinski definition) is 5. The fraction of sp³-hybridized carbons (Fsp3) is 0.517. The van der Waals surface area contributed by atoms with E-state index < -0.39 is 5.60 Å². The number of rotatable bonds is 7. The zero-order valence-electron chi connectivity index (χ0n) is 22.0. The summed E-state index contributed by atoms with van der Waals surface area (Å²) in [4.78, 5) is 29.3. The molecule has 7 heteroatoms. The van der Waals surface area contributed by atoms with Gasteiger partial charge in [-0.2, -0.15) is 0 Å². The van der Waals surface area contributed by atoms with Gasteiger partial charge in [-0.3, -0.25) is 5.32 Å². The largest absolute Gasteiger partial charge is 0.444 e. The molecule has 3 aliphatic heterocycles. The van der Waals surface area contributed by atoms with Crippen LogP contribution < -0.4 is 5.32 Å². The van der Waals surface area contributed by atoms with Crippen LogP contribution in [0.3, 0.4) is 0 Å². The van der Waals surface area contributed by atoms with Crippen molar-refractivity contribution in [2.24, 2.45) is 0 Å². The first kappa shape index (κ1) is 26.0. The molecule has 2 amide bonds. The molecule has 194 valence electrons. The number of ether oxygens (including phenoxy) is 2. The third-order valence-corrected chi connectivity index (χ3v) is 7.03. The smallest absolute Gasteiger partial charge is 0.412 e. The third-order valence-electron chi connectivity index (χ3n) is 7.03. The fourth-order valence-electron chi connectivity index (χ4n) is 4.95. The number of benzene rings is 2. The maximum absolute atomic E-state index is 13.0. The highest BCUT2D eigenvalue weighted by atomic mass is 16.6. The van der Waals surface area contributed by atoms with Gasteiger partial charge >= 0.3 is 12.2 Å². The molecular weight excluding hydrogens is 454 g/mol. The number of aryl methyl sites for hydroxylation is 1. The number of hydrogen-bond donors (Lipinski definition) is 1. The average Bonchev–Trinajstić information content (AvgIpc) is 2.84. The van der Waals surface area contributed by atoms with Crippen LogP contribution in [0.1, 0.15) is 52.0 Å². The maximum Gasteiger partial charge on any atom is 0.412 e. The Morgan fingerprint density at radius 1 is 1.03 bits per heavy atom. The van der Waals surface area contributed by atoms with Crippen LogP contribution in [0.5, 0.6) is 0 Å². The molecule has 2 aromatic carbocycles. The molecule has 3 aliphatic rings. The van der Waals surface area contributed by atoms with Gasteiger partial charge in [0.2, 0.25) is 0 Å². The number of amides is 2. The molecule has 0 spiro atoms. The minimum Gasteiger partial charge on any atom is -0.444 e. The maximum atomic E-state index is 13.0. The number of fused-ring (bicyclic) bond motifs is 3. The van der Waals surface area contributed by atoms with Crippen LogP contribution in [0, 0.1) is 0 Å². The second kappa shape index (κ2) is 10.9. The summed E-state index contributed by atoms with van der Waals surface area (Å²) in [6.45, 7) is 9.16. The standard InChI is InChI=1S/C29H39N3O4/c1-28(2,3)36-27(34)31(4)17-8-9-22-12-13-24(23-10-6-5-7-11-23)25(21-22)30-26(33)35-29-14-18-32(19-15-29)20-16-29/h5-7,10-13,21H,8-9,14-20H2,1-4H3,(H,30,33). The van der Waals surface area contributed by atoms with Gasteiger partial charge in [0, 0.05) is 58.1 Å². The van der Waals surface area contributed by atoms with Crippen molar-refractivity contribution in [2.75, 3.05) is 38.5 Å². The Kier molecular flexibility index (Phi) is 7.88. The molecule has 0 atom stereocenters. The van der Waals surface area contributed by atoms with E-state index in [2.05, 4.69) is 22.3 Å². The van der Waals surface area contributed by atoms with Crippen molar-refractivity contribution in [2.45, 2.75) is 64.1 Å². The predicted molar refractivity (Wildman–Crippen MR) is 142 cm³/mol. The lowest BCUT2D eigenvalue weighted by molar-refractivity contribution is -0.0742. The molecule has 3 fully saturated rings. The lowest BCUT2D eigenvalue weighted by Crippen LogP contribution is -2.54. The van der Waals surface area contributed by atoms with E-state index in [-0.39, 0.29) is 17.8 Å². The van der Waals surface area contributed by atoms with Gasteiger partial charge in [-0.05, 0) is 50.8 Å². The third kappa shape index (κ3) is 6.78. The van der Waals surface area contributed by atoms with Crippen LogP contribution in [0.2, 0.25) is 0 Å². The Labute approximate surface area is 214 Å². The van der Waals surface area contributed by atoms with E-state index in [0.717, 1.165) is 74.1 Å². The molecule has 7 nitrogen and oxygen atoms in total. The van der Waals surface area contributed by atoms with E-state index in [1.165, 1.54) is 0 Å². The molecule has 0 unspecified atom stereocenters. The highest BCUT2D eigenvalue weighted by Crippen LogP contribution is 2.36. The average molecular weight is 494 g/mol. The van der Waals surface area contributed by atoms with Crippen LogP contribution in [0.15, 0.2) is 48.5 Å². The zero-order valence-corrected chi connectivity index (χ0v) is 22.0. The SMILES string of the molecule is CN(CCCc1ccc(-c2ccccc2)c(NC(=O)OC23CCN(CC2)CC3)c1)C(=O)OC(C)(C)C. The predicted octanol–water partition coefficient (Wildman–Crippen LogP) is 5.94. The van der Waals surface area contributed by atoms with Crippen LogP contribution in [0.4, 0.5) is 15.3 Å². The minimum absolute atomic E-state index is 0.319. The molecule has 36 heavy (non-hydrogen) atoms. The molecule has 0 radical (unpaired) electrons. The second-order valence-corrected chi connectivity index (χ2v) is 11.0.